The van der Waals surface area contributed by atoms with E-state index in [9.17, 15) is 13.2 Å². The second kappa shape index (κ2) is 5.97. The summed E-state index contributed by atoms with van der Waals surface area (Å²) in [5.74, 6) is -0.201. The Balaban J connectivity index is 3.04. The minimum atomic E-state index is -3.60. The topological polar surface area (TPSA) is 80.7 Å². The van der Waals surface area contributed by atoms with Crippen LogP contribution in [0.15, 0.2) is 24.3 Å². The minimum Gasteiger partial charge on any atom is -0.497 e. The van der Waals surface area contributed by atoms with Crippen LogP contribution in [0.2, 0.25) is 0 Å². The monoisotopic (exact) mass is 272 g/mol. The average Bonchev–Trinajstić information content (AvgIpc) is 2.39. The van der Waals surface area contributed by atoms with Gasteiger partial charge < -0.3 is 9.84 Å². The maximum Gasteiger partial charge on any atom is 0.183 e. The van der Waals surface area contributed by atoms with E-state index in [-0.39, 0.29) is 11.3 Å². The molecule has 0 bridgehead atoms. The van der Waals surface area contributed by atoms with E-state index in [4.69, 9.17) is 9.84 Å². The summed E-state index contributed by atoms with van der Waals surface area (Å²) in [5.41, 5.74) is 0.242. The van der Waals surface area contributed by atoms with E-state index in [2.05, 4.69) is 0 Å². The quantitative estimate of drug-likeness (QED) is 0.770. The summed E-state index contributed by atoms with van der Waals surface area (Å²) >= 11 is 0. The van der Waals surface area contributed by atoms with Crippen LogP contribution in [0, 0.1) is 0 Å². The van der Waals surface area contributed by atoms with Crippen molar-refractivity contribution >= 4 is 15.6 Å². The van der Waals surface area contributed by atoms with Gasteiger partial charge in [0.15, 0.2) is 15.6 Å². The number of ketones is 1. The number of sulfone groups is 1. The molecule has 1 atom stereocenters. The van der Waals surface area contributed by atoms with Crippen LogP contribution in [0.25, 0.3) is 0 Å². The fraction of sp³-hybridized carbons (Fsp3) is 0.417. The maximum atomic E-state index is 12.0. The van der Waals surface area contributed by atoms with Crippen molar-refractivity contribution in [3.8, 4) is 5.75 Å². The number of ether oxygens (including phenoxy) is 1. The number of rotatable bonds is 6. The molecule has 0 aliphatic carbocycles. The number of carbonyl (C=O) groups excluding carboxylic acids is 1. The van der Waals surface area contributed by atoms with Crippen molar-refractivity contribution < 1.29 is 23.1 Å². The van der Waals surface area contributed by atoms with Crippen LogP contribution in [0.1, 0.15) is 17.3 Å². The lowest BCUT2D eigenvalue weighted by molar-refractivity contribution is 0.0961. The number of methoxy groups -OCH3 is 1. The Morgan fingerprint density at radius 3 is 2.28 bits per heavy atom. The van der Waals surface area contributed by atoms with E-state index in [0.29, 0.717) is 5.75 Å². The molecule has 0 unspecified atom stereocenters. The number of Topliss-reactive ketones (excluding diaryl/α,β-unsaturated/α-hetero) is 1. The molecule has 0 fully saturated rings. The maximum absolute atomic E-state index is 12.0. The molecule has 6 heteroatoms. The second-order valence-corrected chi connectivity index (χ2v) is 6.19. The third-order valence-corrected chi connectivity index (χ3v) is 4.70. The summed E-state index contributed by atoms with van der Waals surface area (Å²) in [7, 11) is -2.11. The summed E-state index contributed by atoms with van der Waals surface area (Å²) < 4.78 is 28.3. The zero-order chi connectivity index (χ0) is 13.8. The Morgan fingerprint density at radius 2 is 1.89 bits per heavy atom. The highest BCUT2D eigenvalue weighted by atomic mass is 32.2. The van der Waals surface area contributed by atoms with Crippen molar-refractivity contribution in [1.82, 2.24) is 0 Å². The van der Waals surface area contributed by atoms with E-state index in [1.54, 1.807) is 12.1 Å². The molecule has 1 rings (SSSR count). The van der Waals surface area contributed by atoms with Crippen molar-refractivity contribution in [2.75, 3.05) is 19.5 Å². The largest absolute Gasteiger partial charge is 0.497 e. The summed E-state index contributed by atoms with van der Waals surface area (Å²) in [6, 6.07) is 6.10. The Labute approximate surface area is 106 Å². The first kappa shape index (κ1) is 14.7. The number of benzene rings is 1. The molecule has 0 amide bonds. The van der Waals surface area contributed by atoms with Gasteiger partial charge in [0.1, 0.15) is 11.0 Å². The molecular weight excluding hydrogens is 256 g/mol. The Bertz CT molecular complexity index is 504. The van der Waals surface area contributed by atoms with E-state index in [1.165, 1.54) is 26.2 Å². The molecule has 1 N–H and O–H groups in total. The molecule has 1 aromatic carbocycles. The van der Waals surface area contributed by atoms with Gasteiger partial charge in [0, 0.05) is 11.3 Å². The van der Waals surface area contributed by atoms with E-state index >= 15 is 0 Å². The predicted molar refractivity (Wildman–Crippen MR) is 67.7 cm³/mol. The first-order valence-corrected chi connectivity index (χ1v) is 7.18. The highest BCUT2D eigenvalue weighted by Gasteiger charge is 2.31. The van der Waals surface area contributed by atoms with Crippen molar-refractivity contribution in [3.63, 3.8) is 0 Å². The lowest BCUT2D eigenvalue weighted by atomic mass is 10.1. The minimum absolute atomic E-state index is 0.180. The molecular formula is C12H16O5S. The van der Waals surface area contributed by atoms with Gasteiger partial charge in [-0.15, -0.1) is 0 Å². The molecule has 0 saturated heterocycles. The third-order valence-electron chi connectivity index (χ3n) is 2.67. The van der Waals surface area contributed by atoms with Crippen LogP contribution in [-0.2, 0) is 9.84 Å². The lowest BCUT2D eigenvalue weighted by Crippen LogP contribution is -2.35. The number of hydrogen-bond donors (Lipinski definition) is 1. The first-order chi connectivity index (χ1) is 8.46. The van der Waals surface area contributed by atoms with Crippen LogP contribution >= 0.6 is 0 Å². The van der Waals surface area contributed by atoms with Gasteiger partial charge >= 0.3 is 0 Å². The summed E-state index contributed by atoms with van der Waals surface area (Å²) in [6.45, 7) is 0.736. The van der Waals surface area contributed by atoms with Gasteiger partial charge in [-0.3, -0.25) is 4.79 Å². The highest BCUT2D eigenvalue weighted by Crippen LogP contribution is 2.15. The van der Waals surface area contributed by atoms with Crippen molar-refractivity contribution in [2.45, 2.75) is 12.2 Å². The van der Waals surface area contributed by atoms with Crippen LogP contribution in [0.3, 0.4) is 0 Å². The molecule has 1 aromatic rings. The zero-order valence-corrected chi connectivity index (χ0v) is 11.1. The van der Waals surface area contributed by atoms with Crippen molar-refractivity contribution in [1.29, 1.82) is 0 Å². The Hall–Kier alpha value is -1.40. The molecule has 0 radical (unpaired) electrons. The third kappa shape index (κ3) is 3.08. The van der Waals surface area contributed by atoms with Crippen LogP contribution < -0.4 is 4.74 Å². The number of aliphatic hydroxyl groups excluding tert-OH is 1. The average molecular weight is 272 g/mol. The molecule has 5 nitrogen and oxygen atoms in total. The number of aliphatic hydroxyl groups is 1. The Morgan fingerprint density at radius 1 is 1.33 bits per heavy atom. The predicted octanol–water partition coefficient (Wildman–Crippen LogP) is 0.674. The summed E-state index contributed by atoms with van der Waals surface area (Å²) in [6.07, 6.45) is 0. The number of hydrogen-bond acceptors (Lipinski definition) is 5. The molecule has 0 heterocycles. The molecule has 0 saturated carbocycles. The van der Waals surface area contributed by atoms with Gasteiger partial charge in [0.2, 0.25) is 0 Å². The fourth-order valence-corrected chi connectivity index (χ4v) is 2.59. The van der Waals surface area contributed by atoms with Gasteiger partial charge in [-0.25, -0.2) is 8.42 Å². The molecule has 0 aromatic heterocycles. The van der Waals surface area contributed by atoms with Gasteiger partial charge in [-0.1, -0.05) is 6.92 Å². The molecule has 0 spiro atoms. The lowest BCUT2D eigenvalue weighted by Gasteiger charge is -2.13. The molecule has 0 aliphatic rings. The Kier molecular flexibility index (Phi) is 4.86. The van der Waals surface area contributed by atoms with Gasteiger partial charge in [-0.2, -0.15) is 0 Å². The van der Waals surface area contributed by atoms with Crippen molar-refractivity contribution in [3.05, 3.63) is 29.8 Å². The van der Waals surface area contributed by atoms with Crippen LogP contribution in [0.4, 0.5) is 0 Å². The summed E-state index contributed by atoms with van der Waals surface area (Å²) in [5, 5.41) is 7.71. The fourth-order valence-electron chi connectivity index (χ4n) is 1.50. The van der Waals surface area contributed by atoms with Crippen LogP contribution in [0.5, 0.6) is 5.75 Å². The molecule has 18 heavy (non-hydrogen) atoms. The van der Waals surface area contributed by atoms with Gasteiger partial charge in [0.05, 0.1) is 13.7 Å². The van der Waals surface area contributed by atoms with E-state index in [0.717, 1.165) is 0 Å². The standard InChI is InChI=1S/C12H16O5S/c1-3-18(15,16)11(8-13)12(14)9-4-6-10(17-2)7-5-9/h4-7,11,13H,3,8H2,1-2H3/t11-/m1/s1. The smallest absolute Gasteiger partial charge is 0.183 e. The second-order valence-electron chi connectivity index (χ2n) is 3.72. The normalized spacial score (nSPS) is 13.1. The highest BCUT2D eigenvalue weighted by molar-refractivity contribution is 7.92. The summed E-state index contributed by atoms with van der Waals surface area (Å²) in [4.78, 5) is 12.0. The molecule has 0 aliphatic heterocycles. The van der Waals surface area contributed by atoms with Gasteiger partial charge in [-0.05, 0) is 24.3 Å². The zero-order valence-electron chi connectivity index (χ0n) is 10.3. The number of carbonyl (C=O) groups is 1. The SMILES string of the molecule is CCS(=O)(=O)[C@H](CO)C(=O)c1ccc(OC)cc1. The van der Waals surface area contributed by atoms with Crippen LogP contribution in [-0.4, -0.2) is 44.0 Å². The van der Waals surface area contributed by atoms with Gasteiger partial charge in [0.25, 0.3) is 0 Å². The molecule has 100 valence electrons. The van der Waals surface area contributed by atoms with E-state index < -0.39 is 27.5 Å². The van der Waals surface area contributed by atoms with E-state index in [1.807, 2.05) is 0 Å². The van der Waals surface area contributed by atoms with Crippen molar-refractivity contribution in [2.24, 2.45) is 0 Å². The first-order valence-electron chi connectivity index (χ1n) is 5.47.